The number of likely N-dealkylation sites (tertiary alicyclic amines) is 1. The van der Waals surface area contributed by atoms with E-state index in [-0.39, 0.29) is 11.7 Å². The molecule has 0 spiro atoms. The molecule has 4 heteroatoms. The Bertz CT molecular complexity index is 476. The number of carbonyl (C=O) groups is 2. The maximum atomic E-state index is 12.1. The van der Waals surface area contributed by atoms with Crippen LogP contribution in [0.5, 0.6) is 0 Å². The Morgan fingerprint density at radius 2 is 1.57 bits per heavy atom. The summed E-state index contributed by atoms with van der Waals surface area (Å²) in [5, 5.41) is 0. The highest BCUT2D eigenvalue weighted by Crippen LogP contribution is 2.15. The number of amides is 1. The van der Waals surface area contributed by atoms with Gasteiger partial charge in [-0.05, 0) is 31.4 Å². The van der Waals surface area contributed by atoms with Gasteiger partial charge >= 0.3 is 0 Å². The monoisotopic (exact) mass is 351 g/mol. The lowest BCUT2D eigenvalue weighted by molar-refractivity contribution is -0.131. The van der Waals surface area contributed by atoms with E-state index in [0.29, 0.717) is 19.3 Å². The zero-order valence-electron chi connectivity index (χ0n) is 12.3. The zero-order chi connectivity index (χ0) is 15.1. The summed E-state index contributed by atoms with van der Waals surface area (Å²) < 4.78 is 0.968. The fraction of sp³-hybridized carbons (Fsp3) is 0.529. The number of ketones is 1. The smallest absolute Gasteiger partial charge is 0.222 e. The van der Waals surface area contributed by atoms with Crippen LogP contribution in [-0.4, -0.2) is 29.7 Å². The number of hydrogen-bond acceptors (Lipinski definition) is 2. The molecule has 1 heterocycles. The zero-order valence-corrected chi connectivity index (χ0v) is 13.9. The molecule has 1 aromatic carbocycles. The van der Waals surface area contributed by atoms with Gasteiger partial charge in [-0.3, -0.25) is 9.59 Å². The van der Waals surface area contributed by atoms with Crippen molar-refractivity contribution in [3.8, 4) is 0 Å². The summed E-state index contributed by atoms with van der Waals surface area (Å²) in [7, 11) is 0. The van der Waals surface area contributed by atoms with Crippen molar-refractivity contribution in [2.24, 2.45) is 0 Å². The largest absolute Gasteiger partial charge is 0.343 e. The van der Waals surface area contributed by atoms with Crippen LogP contribution in [0.4, 0.5) is 0 Å². The van der Waals surface area contributed by atoms with Gasteiger partial charge in [0, 0.05) is 36.0 Å². The summed E-state index contributed by atoms with van der Waals surface area (Å²) in [6.45, 7) is 1.78. The van der Waals surface area contributed by atoms with Crippen LogP contribution in [0.15, 0.2) is 28.7 Å². The molecule has 0 aromatic heterocycles. The Kier molecular flexibility index (Phi) is 6.43. The fourth-order valence-corrected chi connectivity index (χ4v) is 2.92. The number of benzene rings is 1. The average Bonchev–Trinajstić information content (AvgIpc) is 2.77. The summed E-state index contributed by atoms with van der Waals surface area (Å²) in [6, 6.07) is 7.39. The van der Waals surface area contributed by atoms with E-state index < -0.39 is 0 Å². The molecule has 1 fully saturated rings. The van der Waals surface area contributed by atoms with Crippen molar-refractivity contribution in [2.75, 3.05) is 13.1 Å². The van der Waals surface area contributed by atoms with E-state index in [2.05, 4.69) is 15.9 Å². The van der Waals surface area contributed by atoms with Gasteiger partial charge in [0.05, 0.1) is 0 Å². The van der Waals surface area contributed by atoms with Gasteiger partial charge in [-0.25, -0.2) is 0 Å². The van der Waals surface area contributed by atoms with E-state index >= 15 is 0 Å². The van der Waals surface area contributed by atoms with E-state index in [4.69, 9.17) is 0 Å². The predicted octanol–water partition coefficient (Wildman–Crippen LogP) is 4.20. The van der Waals surface area contributed by atoms with Crippen LogP contribution in [0.1, 0.15) is 55.3 Å². The summed E-state index contributed by atoms with van der Waals surface area (Å²) >= 11 is 3.36. The molecule has 0 bridgehead atoms. The third-order valence-electron chi connectivity index (χ3n) is 3.92. The number of nitrogens with zero attached hydrogens (tertiary/aromatic N) is 1. The first-order chi connectivity index (χ1) is 10.2. The topological polar surface area (TPSA) is 37.4 Å². The summed E-state index contributed by atoms with van der Waals surface area (Å²) in [5.74, 6) is 0.326. The molecule has 1 aliphatic rings. The van der Waals surface area contributed by atoms with Crippen molar-refractivity contribution in [1.29, 1.82) is 0 Å². The number of Topliss-reactive ketones (excluding diaryl/α,β-unsaturated/α-hetero) is 1. The van der Waals surface area contributed by atoms with Crippen LogP contribution >= 0.6 is 15.9 Å². The number of halogens is 1. The molecule has 0 radical (unpaired) electrons. The highest BCUT2D eigenvalue weighted by molar-refractivity contribution is 9.10. The molecule has 1 aliphatic heterocycles. The first-order valence-corrected chi connectivity index (χ1v) is 8.52. The minimum Gasteiger partial charge on any atom is -0.343 e. The minimum absolute atomic E-state index is 0.117. The van der Waals surface area contributed by atoms with Crippen LogP contribution in [0.2, 0.25) is 0 Å². The maximum absolute atomic E-state index is 12.1. The average molecular weight is 352 g/mol. The van der Waals surface area contributed by atoms with Crippen molar-refractivity contribution in [3.05, 3.63) is 34.3 Å². The SMILES string of the molecule is O=C(CCCC(=O)N1CCCCCC1)c1ccc(Br)cc1. The van der Waals surface area contributed by atoms with Crippen molar-refractivity contribution in [2.45, 2.75) is 44.9 Å². The molecule has 0 unspecified atom stereocenters. The molecule has 0 atom stereocenters. The third-order valence-corrected chi connectivity index (χ3v) is 4.45. The molecule has 1 amide bonds. The van der Waals surface area contributed by atoms with Crippen molar-refractivity contribution >= 4 is 27.6 Å². The van der Waals surface area contributed by atoms with Gasteiger partial charge in [-0.15, -0.1) is 0 Å². The van der Waals surface area contributed by atoms with E-state index in [9.17, 15) is 9.59 Å². The normalized spacial score (nSPS) is 15.6. The molecule has 0 N–H and O–H groups in total. The molecule has 21 heavy (non-hydrogen) atoms. The highest BCUT2D eigenvalue weighted by Gasteiger charge is 2.15. The first kappa shape index (κ1) is 16.2. The van der Waals surface area contributed by atoms with Crippen LogP contribution < -0.4 is 0 Å². The standard InChI is InChI=1S/C17H22BrNO2/c18-15-10-8-14(9-11-15)16(20)6-5-7-17(21)19-12-3-1-2-4-13-19/h8-11H,1-7,12-13H2. The lowest BCUT2D eigenvalue weighted by atomic mass is 10.1. The Hall–Kier alpha value is -1.16. The minimum atomic E-state index is 0.117. The first-order valence-electron chi connectivity index (χ1n) is 7.73. The number of rotatable bonds is 5. The molecule has 1 saturated heterocycles. The van der Waals surface area contributed by atoms with E-state index in [0.717, 1.165) is 36.0 Å². The highest BCUT2D eigenvalue weighted by atomic mass is 79.9. The van der Waals surface area contributed by atoms with Gasteiger partial charge in [0.15, 0.2) is 5.78 Å². The van der Waals surface area contributed by atoms with Gasteiger partial charge in [-0.1, -0.05) is 40.9 Å². The molecular formula is C17H22BrNO2. The van der Waals surface area contributed by atoms with E-state index in [1.54, 1.807) is 0 Å². The molecule has 3 nitrogen and oxygen atoms in total. The second-order valence-electron chi connectivity index (χ2n) is 5.58. The Balaban J connectivity index is 1.74. The second-order valence-corrected chi connectivity index (χ2v) is 6.49. The van der Waals surface area contributed by atoms with Crippen LogP contribution in [0, 0.1) is 0 Å². The maximum Gasteiger partial charge on any atom is 0.222 e. The van der Waals surface area contributed by atoms with Gasteiger partial charge in [0.25, 0.3) is 0 Å². The molecular weight excluding hydrogens is 330 g/mol. The van der Waals surface area contributed by atoms with Crippen molar-refractivity contribution < 1.29 is 9.59 Å². The van der Waals surface area contributed by atoms with Gasteiger partial charge in [0.1, 0.15) is 0 Å². The summed E-state index contributed by atoms with van der Waals surface area (Å²) in [4.78, 5) is 26.1. The Morgan fingerprint density at radius 1 is 0.952 bits per heavy atom. The lowest BCUT2D eigenvalue weighted by Crippen LogP contribution is -2.31. The van der Waals surface area contributed by atoms with E-state index in [1.807, 2.05) is 29.2 Å². The Labute approximate surface area is 134 Å². The quantitative estimate of drug-likeness (QED) is 0.745. The lowest BCUT2D eigenvalue weighted by Gasteiger charge is -2.20. The van der Waals surface area contributed by atoms with Gasteiger partial charge in [-0.2, -0.15) is 0 Å². The van der Waals surface area contributed by atoms with Crippen molar-refractivity contribution in [3.63, 3.8) is 0 Å². The number of carbonyl (C=O) groups excluding carboxylic acids is 2. The molecule has 0 aliphatic carbocycles. The van der Waals surface area contributed by atoms with Crippen LogP contribution in [0.25, 0.3) is 0 Å². The van der Waals surface area contributed by atoms with Crippen LogP contribution in [-0.2, 0) is 4.79 Å². The molecule has 0 saturated carbocycles. The summed E-state index contributed by atoms with van der Waals surface area (Å²) in [5.41, 5.74) is 0.723. The van der Waals surface area contributed by atoms with Crippen molar-refractivity contribution in [1.82, 2.24) is 4.90 Å². The fourth-order valence-electron chi connectivity index (χ4n) is 2.66. The predicted molar refractivity (Wildman–Crippen MR) is 87.4 cm³/mol. The third kappa shape index (κ3) is 5.27. The Morgan fingerprint density at radius 3 is 2.19 bits per heavy atom. The van der Waals surface area contributed by atoms with Crippen LogP contribution in [0.3, 0.4) is 0 Å². The molecule has 1 aromatic rings. The van der Waals surface area contributed by atoms with Gasteiger partial charge < -0.3 is 4.90 Å². The second kappa shape index (κ2) is 8.32. The number of hydrogen-bond donors (Lipinski definition) is 0. The molecule has 114 valence electrons. The van der Waals surface area contributed by atoms with E-state index in [1.165, 1.54) is 12.8 Å². The summed E-state index contributed by atoms with van der Waals surface area (Å²) in [6.07, 6.45) is 6.26. The van der Waals surface area contributed by atoms with Gasteiger partial charge in [0.2, 0.25) is 5.91 Å². The molecule has 2 rings (SSSR count).